The second-order valence-corrected chi connectivity index (χ2v) is 5.44. The van der Waals surface area contributed by atoms with Gasteiger partial charge in [-0.2, -0.15) is 14.6 Å². The summed E-state index contributed by atoms with van der Waals surface area (Å²) in [6.45, 7) is 3.93. The van der Waals surface area contributed by atoms with Gasteiger partial charge in [-0.15, -0.1) is 0 Å². The minimum atomic E-state index is -0.103. The van der Waals surface area contributed by atoms with Crippen LogP contribution in [-0.4, -0.2) is 24.1 Å². The van der Waals surface area contributed by atoms with Crippen LogP contribution >= 0.6 is 0 Å². The summed E-state index contributed by atoms with van der Waals surface area (Å²) in [6, 6.07) is 9.88. The first-order valence-electron chi connectivity index (χ1n) is 7.50. The van der Waals surface area contributed by atoms with Crippen molar-refractivity contribution in [3.05, 3.63) is 64.5 Å². The van der Waals surface area contributed by atoms with Crippen LogP contribution in [0.4, 0.5) is 0 Å². The van der Waals surface area contributed by atoms with Gasteiger partial charge in [0.25, 0.3) is 11.3 Å². The quantitative estimate of drug-likeness (QED) is 0.570. The van der Waals surface area contributed by atoms with Crippen LogP contribution in [-0.2, 0) is 6.42 Å². The molecule has 3 aromatic heterocycles. The highest BCUT2D eigenvalue weighted by atomic mass is 16.1. The van der Waals surface area contributed by atoms with Crippen LogP contribution in [0.3, 0.4) is 0 Å². The lowest BCUT2D eigenvalue weighted by atomic mass is 10.1. The Labute approximate surface area is 132 Å². The fraction of sp³-hybridized carbons (Fsp3) is 0.176. The van der Waals surface area contributed by atoms with E-state index in [9.17, 15) is 4.79 Å². The zero-order chi connectivity index (χ0) is 16.0. The molecule has 0 saturated carbocycles. The highest BCUT2D eigenvalue weighted by molar-refractivity contribution is 5.82. The second kappa shape index (κ2) is 5.01. The normalized spacial score (nSPS) is 11.4. The lowest BCUT2D eigenvalue weighted by Crippen LogP contribution is -2.20. The lowest BCUT2D eigenvalue weighted by Gasteiger charge is -2.09. The van der Waals surface area contributed by atoms with Crippen molar-refractivity contribution in [1.82, 2.24) is 24.1 Å². The van der Waals surface area contributed by atoms with Gasteiger partial charge < -0.3 is 0 Å². The molecular formula is C17H15N5O. The van der Waals surface area contributed by atoms with Crippen LogP contribution in [0, 0.1) is 6.92 Å². The van der Waals surface area contributed by atoms with Gasteiger partial charge >= 0.3 is 0 Å². The molecule has 3 heterocycles. The van der Waals surface area contributed by atoms with Gasteiger partial charge in [-0.1, -0.05) is 19.1 Å². The predicted octanol–water partition coefficient (Wildman–Crippen LogP) is 2.30. The summed E-state index contributed by atoms with van der Waals surface area (Å²) in [6.07, 6.45) is 4.18. The highest BCUT2D eigenvalue weighted by Crippen LogP contribution is 2.16. The molecule has 0 N–H and O–H groups in total. The molecule has 0 atom stereocenters. The van der Waals surface area contributed by atoms with E-state index in [2.05, 4.69) is 22.0 Å². The van der Waals surface area contributed by atoms with Gasteiger partial charge in [-0.3, -0.25) is 9.36 Å². The number of nitrogens with zero attached hydrogens (tertiary/aromatic N) is 5. The van der Waals surface area contributed by atoms with Crippen LogP contribution in [0.2, 0.25) is 0 Å². The van der Waals surface area contributed by atoms with Gasteiger partial charge in [-0.25, -0.2) is 4.98 Å². The Bertz CT molecular complexity index is 1080. The Morgan fingerprint density at radius 2 is 1.91 bits per heavy atom. The molecule has 0 spiro atoms. The van der Waals surface area contributed by atoms with Crippen LogP contribution in [0.1, 0.15) is 18.2 Å². The third-order valence-electron chi connectivity index (χ3n) is 4.08. The molecule has 0 fully saturated rings. The monoisotopic (exact) mass is 305 g/mol. The summed E-state index contributed by atoms with van der Waals surface area (Å²) < 4.78 is 3.23. The number of pyridine rings is 1. The summed E-state index contributed by atoms with van der Waals surface area (Å²) in [5.41, 5.74) is 3.35. The van der Waals surface area contributed by atoms with Gasteiger partial charge in [0.1, 0.15) is 6.33 Å². The van der Waals surface area contributed by atoms with Crippen molar-refractivity contribution in [2.75, 3.05) is 0 Å². The van der Waals surface area contributed by atoms with E-state index in [1.54, 1.807) is 15.3 Å². The summed E-state index contributed by atoms with van der Waals surface area (Å²) >= 11 is 0. The third-order valence-corrected chi connectivity index (χ3v) is 4.08. The first kappa shape index (κ1) is 13.6. The van der Waals surface area contributed by atoms with Gasteiger partial charge in [0, 0.05) is 11.9 Å². The predicted molar refractivity (Wildman–Crippen MR) is 88.0 cm³/mol. The Balaban J connectivity index is 2.02. The van der Waals surface area contributed by atoms with Crippen molar-refractivity contribution in [3.8, 4) is 5.69 Å². The van der Waals surface area contributed by atoms with Gasteiger partial charge in [0.2, 0.25) is 0 Å². The zero-order valence-corrected chi connectivity index (χ0v) is 12.9. The average molecular weight is 305 g/mol. The topological polar surface area (TPSA) is 65.1 Å². The van der Waals surface area contributed by atoms with Crippen molar-refractivity contribution >= 4 is 16.7 Å². The fourth-order valence-corrected chi connectivity index (χ4v) is 2.83. The van der Waals surface area contributed by atoms with E-state index >= 15 is 0 Å². The molecule has 0 aliphatic carbocycles. The molecule has 6 heteroatoms. The summed E-state index contributed by atoms with van der Waals surface area (Å²) in [5, 5.41) is 4.71. The van der Waals surface area contributed by atoms with Crippen LogP contribution in [0.5, 0.6) is 0 Å². The first-order chi connectivity index (χ1) is 11.2. The lowest BCUT2D eigenvalue weighted by molar-refractivity contribution is 0.948. The van der Waals surface area contributed by atoms with Crippen molar-refractivity contribution in [3.63, 3.8) is 0 Å². The van der Waals surface area contributed by atoms with Crippen LogP contribution < -0.4 is 5.56 Å². The zero-order valence-electron chi connectivity index (χ0n) is 12.9. The van der Waals surface area contributed by atoms with E-state index in [1.807, 2.05) is 37.3 Å². The number of aryl methyl sites for hydroxylation is 2. The van der Waals surface area contributed by atoms with Crippen molar-refractivity contribution < 1.29 is 0 Å². The minimum Gasteiger partial charge on any atom is -0.284 e. The third kappa shape index (κ3) is 2.03. The molecule has 0 amide bonds. The van der Waals surface area contributed by atoms with Crippen molar-refractivity contribution in [2.45, 2.75) is 20.3 Å². The molecular weight excluding hydrogens is 290 g/mol. The number of fused-ring (bicyclic) bond motifs is 3. The van der Waals surface area contributed by atoms with Crippen LogP contribution in [0.25, 0.3) is 22.4 Å². The summed E-state index contributed by atoms with van der Waals surface area (Å²) in [5.74, 6) is 0.499. The van der Waals surface area contributed by atoms with Crippen LogP contribution in [0.15, 0.2) is 47.7 Å². The standard InChI is InChI=1S/C17H15N5O/c1-3-12-4-6-13(7-5-12)21-9-8-14-15(16(21)23)11(2)20-17-18-10-19-22(14)17/h4-10H,3H2,1-2H3. The van der Waals surface area contributed by atoms with E-state index < -0.39 is 0 Å². The molecule has 0 saturated heterocycles. The number of rotatable bonds is 2. The van der Waals surface area contributed by atoms with Gasteiger partial charge in [-0.05, 0) is 37.1 Å². The molecule has 1 aromatic carbocycles. The molecule has 0 bridgehead atoms. The SMILES string of the molecule is CCc1ccc(-n2ccc3c(c(C)nc4ncnn43)c2=O)cc1. The Morgan fingerprint density at radius 3 is 2.65 bits per heavy atom. The molecule has 23 heavy (non-hydrogen) atoms. The maximum atomic E-state index is 12.9. The second-order valence-electron chi connectivity index (χ2n) is 5.44. The van der Waals surface area contributed by atoms with Gasteiger partial charge in [0.15, 0.2) is 0 Å². The molecule has 4 rings (SSSR count). The Hall–Kier alpha value is -3.02. The Morgan fingerprint density at radius 1 is 1.13 bits per heavy atom. The fourth-order valence-electron chi connectivity index (χ4n) is 2.83. The highest BCUT2D eigenvalue weighted by Gasteiger charge is 2.12. The number of benzene rings is 1. The maximum absolute atomic E-state index is 12.9. The Kier molecular flexibility index (Phi) is 2.97. The van der Waals surface area contributed by atoms with E-state index in [1.165, 1.54) is 11.9 Å². The number of hydrogen-bond acceptors (Lipinski definition) is 4. The van der Waals surface area contributed by atoms with Gasteiger partial charge in [0.05, 0.1) is 16.6 Å². The molecule has 6 nitrogen and oxygen atoms in total. The first-order valence-corrected chi connectivity index (χ1v) is 7.50. The average Bonchev–Trinajstić information content (AvgIpc) is 3.03. The molecule has 0 unspecified atom stereocenters. The minimum absolute atomic E-state index is 0.103. The molecule has 4 aromatic rings. The molecule has 0 radical (unpaired) electrons. The maximum Gasteiger partial charge on any atom is 0.266 e. The van der Waals surface area contributed by atoms with E-state index in [0.29, 0.717) is 16.9 Å². The molecule has 0 aliphatic rings. The van der Waals surface area contributed by atoms with E-state index in [0.717, 1.165) is 17.6 Å². The summed E-state index contributed by atoms with van der Waals surface area (Å²) in [4.78, 5) is 21.4. The number of hydrogen-bond donors (Lipinski definition) is 0. The smallest absolute Gasteiger partial charge is 0.266 e. The number of aromatic nitrogens is 5. The molecule has 0 aliphatic heterocycles. The van der Waals surface area contributed by atoms with E-state index in [4.69, 9.17) is 0 Å². The van der Waals surface area contributed by atoms with Crippen molar-refractivity contribution in [2.24, 2.45) is 0 Å². The van der Waals surface area contributed by atoms with Crippen molar-refractivity contribution in [1.29, 1.82) is 0 Å². The summed E-state index contributed by atoms with van der Waals surface area (Å²) in [7, 11) is 0. The largest absolute Gasteiger partial charge is 0.284 e. The molecule has 114 valence electrons. The van der Waals surface area contributed by atoms with E-state index in [-0.39, 0.29) is 5.56 Å².